The minimum Gasteiger partial charge on any atom is -0.494 e. The molecule has 1 aliphatic rings. The minimum absolute atomic E-state index is 0.0211. The summed E-state index contributed by atoms with van der Waals surface area (Å²) in [4.78, 5) is 9.10. The van der Waals surface area contributed by atoms with Crippen molar-refractivity contribution in [1.29, 1.82) is 0 Å². The lowest BCUT2D eigenvalue weighted by molar-refractivity contribution is 0.272. The molecule has 0 saturated carbocycles. The Kier molecular flexibility index (Phi) is 6.53. The fraction of sp³-hybridized carbons (Fsp3) is 0.333. The second-order valence-corrected chi connectivity index (χ2v) is 8.24. The lowest BCUT2D eigenvalue weighted by atomic mass is 10.0. The van der Waals surface area contributed by atoms with E-state index in [4.69, 9.17) is 17.0 Å². The van der Waals surface area contributed by atoms with Crippen LogP contribution < -0.4 is 10.1 Å². The summed E-state index contributed by atoms with van der Waals surface area (Å²) in [6, 6.07) is 18.5. The monoisotopic (exact) mass is 435 g/mol. The summed E-state index contributed by atoms with van der Waals surface area (Å²) in [6.45, 7) is 4.40. The van der Waals surface area contributed by atoms with E-state index in [1.165, 1.54) is 5.69 Å². The summed E-state index contributed by atoms with van der Waals surface area (Å²) in [6.07, 6.45) is 3.94. The first-order valence-electron chi connectivity index (χ1n) is 10.6. The normalized spacial score (nSPS) is 18.5. The maximum Gasteiger partial charge on any atom is 0.170 e. The maximum absolute atomic E-state index is 5.77. The van der Waals surface area contributed by atoms with Crippen molar-refractivity contribution in [2.75, 3.05) is 33.8 Å². The molecular weight excluding hydrogens is 406 g/mol. The van der Waals surface area contributed by atoms with Gasteiger partial charge in [0, 0.05) is 36.9 Å². The Bertz CT molecular complexity index is 1000. The van der Waals surface area contributed by atoms with Crippen LogP contribution in [0.5, 0.6) is 5.75 Å². The Labute approximate surface area is 189 Å². The van der Waals surface area contributed by atoms with E-state index in [0.29, 0.717) is 6.61 Å². The van der Waals surface area contributed by atoms with Crippen LogP contribution in [-0.4, -0.2) is 58.3 Å². The Morgan fingerprint density at radius 1 is 1.10 bits per heavy atom. The van der Waals surface area contributed by atoms with E-state index in [2.05, 4.69) is 75.3 Å². The van der Waals surface area contributed by atoms with E-state index in [0.717, 1.165) is 35.3 Å². The van der Waals surface area contributed by atoms with E-state index in [1.54, 1.807) is 0 Å². The molecule has 1 saturated heterocycles. The van der Waals surface area contributed by atoms with Crippen molar-refractivity contribution < 1.29 is 4.74 Å². The largest absolute Gasteiger partial charge is 0.494 e. The molecule has 1 N–H and O–H groups in total. The molecule has 1 fully saturated rings. The van der Waals surface area contributed by atoms with Gasteiger partial charge in [0.1, 0.15) is 5.75 Å². The number of hydrogen-bond acceptors (Lipinski definition) is 4. The number of likely N-dealkylation sites (N-methyl/N-ethyl adjacent to an activating group) is 1. The molecule has 6 nitrogen and oxygen atoms in total. The van der Waals surface area contributed by atoms with Gasteiger partial charge in [0.15, 0.2) is 5.11 Å². The molecule has 31 heavy (non-hydrogen) atoms. The predicted molar refractivity (Wildman–Crippen MR) is 128 cm³/mol. The Morgan fingerprint density at radius 2 is 1.90 bits per heavy atom. The number of pyridine rings is 1. The lowest BCUT2D eigenvalue weighted by Crippen LogP contribution is -2.36. The summed E-state index contributed by atoms with van der Waals surface area (Å²) in [7, 11) is 4.17. The van der Waals surface area contributed by atoms with Crippen molar-refractivity contribution in [1.82, 2.24) is 24.7 Å². The van der Waals surface area contributed by atoms with Gasteiger partial charge in [-0.25, -0.2) is 0 Å². The molecule has 0 amide bonds. The van der Waals surface area contributed by atoms with Gasteiger partial charge in [0.05, 0.1) is 24.4 Å². The molecule has 4 rings (SSSR count). The van der Waals surface area contributed by atoms with Crippen molar-refractivity contribution in [2.45, 2.75) is 19.0 Å². The van der Waals surface area contributed by atoms with Crippen LogP contribution in [0.3, 0.4) is 0 Å². The maximum atomic E-state index is 5.77. The van der Waals surface area contributed by atoms with Gasteiger partial charge in [-0.05, 0) is 81.8 Å². The van der Waals surface area contributed by atoms with Gasteiger partial charge in [0.2, 0.25) is 0 Å². The summed E-state index contributed by atoms with van der Waals surface area (Å²) in [5.74, 6) is 0.877. The predicted octanol–water partition coefficient (Wildman–Crippen LogP) is 3.81. The molecule has 2 atom stereocenters. The van der Waals surface area contributed by atoms with E-state index in [-0.39, 0.29) is 12.1 Å². The van der Waals surface area contributed by atoms with Gasteiger partial charge in [-0.1, -0.05) is 6.07 Å². The topological polar surface area (TPSA) is 45.6 Å². The van der Waals surface area contributed by atoms with Crippen molar-refractivity contribution in [3.8, 4) is 11.4 Å². The summed E-state index contributed by atoms with van der Waals surface area (Å²) in [5, 5.41) is 4.30. The van der Waals surface area contributed by atoms with Gasteiger partial charge >= 0.3 is 0 Å². The minimum atomic E-state index is -0.0211. The Hall–Kier alpha value is -2.90. The third kappa shape index (κ3) is 4.57. The Morgan fingerprint density at radius 3 is 2.58 bits per heavy atom. The van der Waals surface area contributed by atoms with E-state index >= 15 is 0 Å². The third-order valence-corrected chi connectivity index (χ3v) is 5.85. The fourth-order valence-electron chi connectivity index (χ4n) is 4.02. The number of hydrogen-bond donors (Lipinski definition) is 1. The first-order valence-corrected chi connectivity index (χ1v) is 11.0. The second kappa shape index (κ2) is 9.49. The highest BCUT2D eigenvalue weighted by Crippen LogP contribution is 2.39. The van der Waals surface area contributed by atoms with Crippen LogP contribution in [0.2, 0.25) is 0 Å². The number of ether oxygens (including phenoxy) is 1. The molecule has 0 spiro atoms. The molecular formula is C24H29N5OS. The molecule has 0 bridgehead atoms. The standard InChI is InChI=1S/C24H29N5OS/c1-4-30-19-12-10-18(11-13-19)28-15-7-9-21(28)23-22(20-8-5-6-14-25-20)26-24(31)29(23)17-16-27(2)3/h5-15,22-23H,4,16-17H2,1-3H3,(H,26,31)/t22-,23+/m1/s1. The van der Waals surface area contributed by atoms with Gasteiger partial charge in [-0.15, -0.1) is 0 Å². The van der Waals surface area contributed by atoms with Crippen molar-refractivity contribution in [2.24, 2.45) is 0 Å². The zero-order chi connectivity index (χ0) is 21.8. The molecule has 0 unspecified atom stereocenters. The summed E-state index contributed by atoms with van der Waals surface area (Å²) < 4.78 is 7.84. The van der Waals surface area contributed by atoms with Gasteiger partial charge in [0.25, 0.3) is 0 Å². The molecule has 1 aliphatic heterocycles. The highest BCUT2D eigenvalue weighted by Gasteiger charge is 2.41. The summed E-state index contributed by atoms with van der Waals surface area (Å²) >= 11 is 5.77. The van der Waals surface area contributed by atoms with Crippen molar-refractivity contribution >= 4 is 17.3 Å². The van der Waals surface area contributed by atoms with E-state index in [9.17, 15) is 0 Å². The quantitative estimate of drug-likeness (QED) is 0.543. The van der Waals surface area contributed by atoms with Crippen LogP contribution >= 0.6 is 12.2 Å². The number of nitrogens with zero attached hydrogens (tertiary/aromatic N) is 4. The molecule has 1 aromatic carbocycles. The fourth-order valence-corrected chi connectivity index (χ4v) is 4.35. The average Bonchev–Trinajstić information content (AvgIpc) is 3.38. The van der Waals surface area contributed by atoms with Crippen molar-refractivity contribution in [3.05, 3.63) is 78.4 Å². The third-order valence-electron chi connectivity index (χ3n) is 5.50. The van der Waals surface area contributed by atoms with Crippen LogP contribution in [0.4, 0.5) is 0 Å². The molecule has 3 heterocycles. The Balaban J connectivity index is 1.73. The molecule has 162 valence electrons. The van der Waals surface area contributed by atoms with Gasteiger partial charge in [-0.3, -0.25) is 4.98 Å². The number of rotatable bonds is 8. The second-order valence-electron chi connectivity index (χ2n) is 7.85. The van der Waals surface area contributed by atoms with Gasteiger partial charge in [-0.2, -0.15) is 0 Å². The summed E-state index contributed by atoms with van der Waals surface area (Å²) in [5.41, 5.74) is 3.25. The SMILES string of the molecule is CCOc1ccc(-n2cccc2[C@H]2[C@@H](c3ccccn3)NC(=S)N2CCN(C)C)cc1. The average molecular weight is 436 g/mol. The van der Waals surface area contributed by atoms with E-state index < -0.39 is 0 Å². The highest BCUT2D eigenvalue weighted by molar-refractivity contribution is 7.80. The zero-order valence-electron chi connectivity index (χ0n) is 18.2. The number of aromatic nitrogens is 2. The number of nitrogens with one attached hydrogen (secondary N) is 1. The lowest BCUT2D eigenvalue weighted by Gasteiger charge is -2.29. The molecule has 0 aliphatic carbocycles. The van der Waals surface area contributed by atoms with Crippen LogP contribution in [0.15, 0.2) is 67.0 Å². The van der Waals surface area contributed by atoms with Crippen LogP contribution in [0.25, 0.3) is 5.69 Å². The van der Waals surface area contributed by atoms with Crippen molar-refractivity contribution in [3.63, 3.8) is 0 Å². The first-order chi connectivity index (χ1) is 15.1. The zero-order valence-corrected chi connectivity index (χ0v) is 19.0. The molecule has 7 heteroatoms. The van der Waals surface area contributed by atoms with Gasteiger partial charge < -0.3 is 24.4 Å². The molecule has 3 aromatic rings. The van der Waals surface area contributed by atoms with Crippen LogP contribution in [0.1, 0.15) is 30.4 Å². The van der Waals surface area contributed by atoms with E-state index in [1.807, 2.05) is 37.4 Å². The number of thiocarbonyl (C=S) groups is 1. The first kappa shape index (κ1) is 21.3. The molecule has 0 radical (unpaired) electrons. The highest BCUT2D eigenvalue weighted by atomic mass is 32.1. The van der Waals surface area contributed by atoms with Crippen LogP contribution in [-0.2, 0) is 0 Å². The smallest absolute Gasteiger partial charge is 0.170 e. The molecule has 2 aromatic heterocycles. The number of benzene rings is 1. The van der Waals surface area contributed by atoms with Crippen LogP contribution in [0, 0.1) is 0 Å².